The van der Waals surface area contributed by atoms with Gasteiger partial charge >= 0.3 is 39.5 Å². The summed E-state index contributed by atoms with van der Waals surface area (Å²) in [7, 11) is -9.91. The molecule has 17 nitrogen and oxygen atoms in total. The Bertz CT molecular complexity index is 1940. The first-order valence-electron chi connectivity index (χ1n) is 41.8. The second-order valence-corrected chi connectivity index (χ2v) is 33.5. The first-order chi connectivity index (χ1) is 48.2. The van der Waals surface area contributed by atoms with Gasteiger partial charge in [-0.1, -0.05) is 370 Å². The van der Waals surface area contributed by atoms with Crippen LogP contribution in [0.15, 0.2) is 0 Å². The van der Waals surface area contributed by atoms with E-state index >= 15 is 0 Å². The van der Waals surface area contributed by atoms with Gasteiger partial charge in [-0.2, -0.15) is 0 Å². The lowest BCUT2D eigenvalue weighted by atomic mass is 10.0. The average molecular weight is 1470 g/mol. The summed E-state index contributed by atoms with van der Waals surface area (Å²) < 4.78 is 68.5. The van der Waals surface area contributed by atoms with Gasteiger partial charge in [-0.15, -0.1) is 0 Å². The third-order valence-corrected chi connectivity index (χ3v) is 20.8. The molecule has 3 N–H and O–H groups in total. The lowest BCUT2D eigenvalue weighted by Gasteiger charge is -2.21. The average Bonchev–Trinajstić information content (AvgIpc) is 0.919. The molecule has 19 heteroatoms. The summed E-state index contributed by atoms with van der Waals surface area (Å²) in [5.74, 6) is 0.293. The maximum atomic E-state index is 13.1. The van der Waals surface area contributed by atoms with E-state index in [1.165, 1.54) is 225 Å². The highest BCUT2D eigenvalue weighted by Gasteiger charge is 2.30. The van der Waals surface area contributed by atoms with Crippen LogP contribution in [0.4, 0.5) is 0 Å². The fourth-order valence-electron chi connectivity index (χ4n) is 12.5. The number of hydrogen-bond acceptors (Lipinski definition) is 15. The van der Waals surface area contributed by atoms with E-state index in [9.17, 15) is 43.2 Å². The second-order valence-electron chi connectivity index (χ2n) is 30.6. The summed E-state index contributed by atoms with van der Waals surface area (Å²) in [5, 5.41) is 10.6. The molecule has 0 aliphatic heterocycles. The maximum absolute atomic E-state index is 13.1. The van der Waals surface area contributed by atoms with Crippen LogP contribution in [0.3, 0.4) is 0 Å². The number of aliphatic hydroxyl groups excluding tert-OH is 1. The van der Waals surface area contributed by atoms with E-state index in [1.54, 1.807) is 0 Å². The zero-order chi connectivity index (χ0) is 73.7. The second kappa shape index (κ2) is 71.3. The Hall–Kier alpha value is -1.94. The van der Waals surface area contributed by atoms with E-state index in [2.05, 4.69) is 48.5 Å². The van der Waals surface area contributed by atoms with E-state index in [4.69, 9.17) is 37.0 Å². The van der Waals surface area contributed by atoms with Gasteiger partial charge in [0.05, 0.1) is 26.4 Å². The van der Waals surface area contributed by atoms with Crippen LogP contribution in [0.2, 0.25) is 0 Å². The molecular formula is C81H158O17P2. The van der Waals surface area contributed by atoms with Crippen LogP contribution < -0.4 is 0 Å². The molecule has 0 bridgehead atoms. The molecule has 0 saturated heterocycles. The highest BCUT2D eigenvalue weighted by atomic mass is 31.2. The van der Waals surface area contributed by atoms with Crippen LogP contribution in [-0.2, 0) is 65.4 Å². The number of phosphoric acid groups is 2. The predicted octanol–water partition coefficient (Wildman–Crippen LogP) is 24.1. The van der Waals surface area contributed by atoms with Gasteiger partial charge in [0, 0.05) is 25.7 Å². The third kappa shape index (κ3) is 74.3. The van der Waals surface area contributed by atoms with Gasteiger partial charge in [-0.25, -0.2) is 9.13 Å². The summed E-state index contributed by atoms with van der Waals surface area (Å²) in [4.78, 5) is 72.7. The monoisotopic (exact) mass is 1470 g/mol. The highest BCUT2D eigenvalue weighted by molar-refractivity contribution is 7.47. The smallest absolute Gasteiger partial charge is 0.462 e. The molecule has 2 unspecified atom stereocenters. The van der Waals surface area contributed by atoms with Crippen molar-refractivity contribution in [2.24, 2.45) is 17.8 Å². The molecule has 0 heterocycles. The number of phosphoric ester groups is 2. The Labute approximate surface area is 613 Å². The number of carbonyl (C=O) groups excluding carboxylic acids is 4. The van der Waals surface area contributed by atoms with Crippen LogP contribution in [0.25, 0.3) is 0 Å². The van der Waals surface area contributed by atoms with Crippen molar-refractivity contribution in [3.8, 4) is 0 Å². The van der Waals surface area contributed by atoms with Gasteiger partial charge in [0.25, 0.3) is 0 Å². The van der Waals surface area contributed by atoms with Crippen molar-refractivity contribution in [1.29, 1.82) is 0 Å². The molecule has 0 aromatic carbocycles. The number of carbonyl (C=O) groups is 4. The Morgan fingerprint density at radius 2 is 0.460 bits per heavy atom. The molecule has 0 rings (SSSR count). The van der Waals surface area contributed by atoms with Crippen LogP contribution in [-0.4, -0.2) is 96.7 Å². The fourth-order valence-corrected chi connectivity index (χ4v) is 14.1. The minimum atomic E-state index is -4.96. The van der Waals surface area contributed by atoms with Crippen molar-refractivity contribution < 1.29 is 80.2 Å². The summed E-state index contributed by atoms with van der Waals surface area (Å²) in [6.45, 7) is 11.9. The lowest BCUT2D eigenvalue weighted by molar-refractivity contribution is -0.161. The fraction of sp³-hybridized carbons (Fsp3) is 0.951. The molecule has 594 valence electrons. The van der Waals surface area contributed by atoms with E-state index in [-0.39, 0.29) is 25.7 Å². The van der Waals surface area contributed by atoms with Crippen LogP contribution in [0.5, 0.6) is 0 Å². The molecule has 100 heavy (non-hydrogen) atoms. The summed E-state index contributed by atoms with van der Waals surface area (Å²) in [5.41, 5.74) is 0. The van der Waals surface area contributed by atoms with Gasteiger partial charge in [0.2, 0.25) is 0 Å². The van der Waals surface area contributed by atoms with Gasteiger partial charge in [-0.05, 0) is 43.4 Å². The number of esters is 4. The minimum Gasteiger partial charge on any atom is -0.462 e. The summed E-state index contributed by atoms with van der Waals surface area (Å²) in [6, 6.07) is 0. The van der Waals surface area contributed by atoms with Gasteiger partial charge < -0.3 is 33.8 Å². The van der Waals surface area contributed by atoms with Crippen LogP contribution in [0, 0.1) is 17.8 Å². The molecule has 0 radical (unpaired) electrons. The molecule has 5 atom stereocenters. The Balaban J connectivity index is 5.12. The van der Waals surface area contributed by atoms with Crippen LogP contribution >= 0.6 is 15.6 Å². The normalized spacial score (nSPS) is 14.0. The topological polar surface area (TPSA) is 237 Å². The molecule has 0 fully saturated rings. The van der Waals surface area contributed by atoms with E-state index < -0.39 is 97.5 Å². The number of ether oxygens (including phenoxy) is 4. The molecule has 0 saturated carbocycles. The Kier molecular flexibility index (Phi) is 69.9. The van der Waals surface area contributed by atoms with Crippen molar-refractivity contribution in [2.45, 2.75) is 439 Å². The molecular weight excluding hydrogens is 1310 g/mol. The number of aliphatic hydroxyl groups is 1. The van der Waals surface area contributed by atoms with Crippen molar-refractivity contribution in [2.75, 3.05) is 39.6 Å². The van der Waals surface area contributed by atoms with Crippen LogP contribution in [0.1, 0.15) is 421 Å². The summed E-state index contributed by atoms with van der Waals surface area (Å²) in [6.07, 6.45) is 60.1. The Morgan fingerprint density at radius 1 is 0.270 bits per heavy atom. The molecule has 0 aliphatic carbocycles. The minimum absolute atomic E-state index is 0.107. The predicted molar refractivity (Wildman–Crippen MR) is 409 cm³/mol. The van der Waals surface area contributed by atoms with Crippen molar-refractivity contribution in [3.63, 3.8) is 0 Å². The van der Waals surface area contributed by atoms with Crippen molar-refractivity contribution >= 4 is 39.5 Å². The molecule has 0 amide bonds. The number of hydrogen-bond donors (Lipinski definition) is 3. The SMILES string of the molecule is CCCCCCCC(=O)OC[C@H](COP(=O)(O)OC[C@H](O)COP(=O)(O)OC[C@@H](COC(=O)CCCCCCCCCCCCCCCCC(C)C)OC(=O)CCCCCCCCCCCCCCCCCCCCC(C)C)OC(=O)CCCCCCCCCCCCCCCCC(C)C. The zero-order valence-electron chi connectivity index (χ0n) is 65.7. The van der Waals surface area contributed by atoms with Crippen molar-refractivity contribution in [3.05, 3.63) is 0 Å². The maximum Gasteiger partial charge on any atom is 0.472 e. The number of rotatable bonds is 79. The van der Waals surface area contributed by atoms with Gasteiger partial charge in [0.1, 0.15) is 19.3 Å². The first-order valence-corrected chi connectivity index (χ1v) is 44.8. The Morgan fingerprint density at radius 3 is 0.680 bits per heavy atom. The standard InChI is InChI=1S/C81H158O17P2/c1-8-9-10-45-55-62-78(83)91-68-76(97-80(85)64-57-51-44-38-32-26-20-18-23-29-35-41-48-54-61-74(6)7)70-95-99(87,88)93-66-75(82)67-94-100(89,90)96-71-77(69-92-79(84)63-56-49-42-36-30-24-19-17-22-28-34-40-47-53-60-73(4)5)98-81(86)65-58-50-43-37-31-25-16-14-12-11-13-15-21-27-33-39-46-52-59-72(2)3/h72-77,82H,8-71H2,1-7H3,(H,87,88)(H,89,90)/t75-,76+,77+/m0/s1. The third-order valence-electron chi connectivity index (χ3n) is 18.9. The molecule has 0 aromatic rings. The van der Waals surface area contributed by atoms with E-state index in [1.807, 2.05) is 0 Å². The molecule has 0 aromatic heterocycles. The van der Waals surface area contributed by atoms with Crippen molar-refractivity contribution in [1.82, 2.24) is 0 Å². The highest BCUT2D eigenvalue weighted by Crippen LogP contribution is 2.45. The first kappa shape index (κ1) is 98.1. The van der Waals surface area contributed by atoms with E-state index in [0.717, 1.165) is 114 Å². The summed E-state index contributed by atoms with van der Waals surface area (Å²) >= 11 is 0. The zero-order valence-corrected chi connectivity index (χ0v) is 67.5. The van der Waals surface area contributed by atoms with Gasteiger partial charge in [-0.3, -0.25) is 37.3 Å². The lowest BCUT2D eigenvalue weighted by Crippen LogP contribution is -2.30. The van der Waals surface area contributed by atoms with Gasteiger partial charge in [0.15, 0.2) is 12.2 Å². The largest absolute Gasteiger partial charge is 0.472 e. The van der Waals surface area contributed by atoms with E-state index in [0.29, 0.717) is 25.7 Å². The molecule has 0 spiro atoms. The number of unbranched alkanes of at least 4 members (excludes halogenated alkanes) is 47. The quantitative estimate of drug-likeness (QED) is 0.0222. The molecule has 0 aliphatic rings.